The average molecular weight is 385 g/mol. The molecule has 0 radical (unpaired) electrons. The van der Waals surface area contributed by atoms with Crippen LogP contribution in [0.4, 0.5) is 16.2 Å². The van der Waals surface area contributed by atoms with E-state index >= 15 is 0 Å². The highest BCUT2D eigenvalue weighted by Crippen LogP contribution is 2.33. The summed E-state index contributed by atoms with van der Waals surface area (Å²) >= 11 is 0. The van der Waals surface area contributed by atoms with Crippen molar-refractivity contribution in [1.82, 2.24) is 4.90 Å². The lowest BCUT2D eigenvalue weighted by Crippen LogP contribution is -2.50. The van der Waals surface area contributed by atoms with Gasteiger partial charge in [0, 0.05) is 32.2 Å². The highest BCUT2D eigenvalue weighted by atomic mass is 16.5. The number of nitrogens with zero attached hydrogens (tertiary/aromatic N) is 2. The zero-order valence-corrected chi connectivity index (χ0v) is 16.8. The van der Waals surface area contributed by atoms with Crippen molar-refractivity contribution in [2.45, 2.75) is 6.92 Å². The molecular formula is C21H27N3O4. The number of aryl methyl sites for hydroxylation is 1. The number of carbonyl (C=O) groups excluding carboxylic acids is 1. The van der Waals surface area contributed by atoms with Crippen molar-refractivity contribution in [2.24, 2.45) is 0 Å². The van der Waals surface area contributed by atoms with Gasteiger partial charge < -0.3 is 29.3 Å². The van der Waals surface area contributed by atoms with Gasteiger partial charge in [0.15, 0.2) is 0 Å². The molecule has 1 aliphatic rings. The van der Waals surface area contributed by atoms with E-state index in [0.717, 1.165) is 22.7 Å². The standard InChI is InChI=1S/C21H27N3O4/c1-15-5-7-19(27-3)17(13-15)22-21(25)24-11-9-23(10-12-24)18-14-16(26-2)6-8-20(18)28-4/h5-8,13-14H,9-12H2,1-4H3,(H,22,25). The van der Waals surface area contributed by atoms with Gasteiger partial charge in [0.05, 0.1) is 32.7 Å². The number of rotatable bonds is 5. The predicted molar refractivity (Wildman–Crippen MR) is 110 cm³/mol. The van der Waals surface area contributed by atoms with E-state index in [-0.39, 0.29) is 6.03 Å². The van der Waals surface area contributed by atoms with Crippen LogP contribution in [0.15, 0.2) is 36.4 Å². The van der Waals surface area contributed by atoms with Gasteiger partial charge in [-0.3, -0.25) is 0 Å². The molecule has 0 unspecified atom stereocenters. The van der Waals surface area contributed by atoms with Crippen molar-refractivity contribution in [2.75, 3.05) is 57.7 Å². The van der Waals surface area contributed by atoms with Gasteiger partial charge in [-0.05, 0) is 36.8 Å². The van der Waals surface area contributed by atoms with Gasteiger partial charge in [-0.1, -0.05) is 6.07 Å². The van der Waals surface area contributed by atoms with Crippen molar-refractivity contribution in [3.63, 3.8) is 0 Å². The normalized spacial score (nSPS) is 13.9. The fourth-order valence-corrected chi connectivity index (χ4v) is 3.31. The molecule has 0 saturated carbocycles. The van der Waals surface area contributed by atoms with Crippen molar-refractivity contribution in [1.29, 1.82) is 0 Å². The van der Waals surface area contributed by atoms with Crippen LogP contribution < -0.4 is 24.4 Å². The number of amides is 2. The topological polar surface area (TPSA) is 63.3 Å². The molecule has 0 aliphatic carbocycles. The fraction of sp³-hybridized carbons (Fsp3) is 0.381. The van der Waals surface area contributed by atoms with E-state index in [0.29, 0.717) is 37.6 Å². The summed E-state index contributed by atoms with van der Waals surface area (Å²) in [6, 6.07) is 11.3. The smallest absolute Gasteiger partial charge is 0.322 e. The molecule has 7 heteroatoms. The van der Waals surface area contributed by atoms with Crippen molar-refractivity contribution in [3.8, 4) is 17.2 Å². The molecule has 2 aromatic carbocycles. The van der Waals surface area contributed by atoms with E-state index in [1.807, 2.05) is 48.2 Å². The molecule has 2 aromatic rings. The first-order valence-electron chi connectivity index (χ1n) is 9.23. The molecule has 0 aromatic heterocycles. The number of anilines is 2. The second-order valence-electron chi connectivity index (χ2n) is 6.65. The van der Waals surface area contributed by atoms with Crippen LogP contribution >= 0.6 is 0 Å². The molecule has 1 saturated heterocycles. The number of hydrogen-bond acceptors (Lipinski definition) is 5. The van der Waals surface area contributed by atoms with E-state index in [2.05, 4.69) is 10.2 Å². The minimum absolute atomic E-state index is 0.124. The van der Waals surface area contributed by atoms with E-state index in [1.165, 1.54) is 0 Å². The monoisotopic (exact) mass is 385 g/mol. The van der Waals surface area contributed by atoms with Gasteiger partial charge in [-0.25, -0.2) is 4.79 Å². The SMILES string of the molecule is COc1ccc(OC)c(N2CCN(C(=O)Nc3cc(C)ccc3OC)CC2)c1. The first-order valence-corrected chi connectivity index (χ1v) is 9.23. The molecule has 0 bridgehead atoms. The summed E-state index contributed by atoms with van der Waals surface area (Å²) in [4.78, 5) is 16.7. The summed E-state index contributed by atoms with van der Waals surface area (Å²) in [5.41, 5.74) is 2.72. The highest BCUT2D eigenvalue weighted by molar-refractivity contribution is 5.91. The van der Waals surface area contributed by atoms with Crippen LogP contribution in [-0.4, -0.2) is 58.4 Å². The summed E-state index contributed by atoms with van der Waals surface area (Å²) in [7, 11) is 4.90. The van der Waals surface area contributed by atoms with Crippen LogP contribution in [0, 0.1) is 6.92 Å². The lowest BCUT2D eigenvalue weighted by atomic mass is 10.2. The van der Waals surface area contributed by atoms with E-state index < -0.39 is 0 Å². The Labute approximate surface area is 165 Å². The average Bonchev–Trinajstić information content (AvgIpc) is 2.73. The lowest BCUT2D eigenvalue weighted by Gasteiger charge is -2.36. The Morgan fingerprint density at radius 2 is 1.57 bits per heavy atom. The zero-order valence-electron chi connectivity index (χ0n) is 16.8. The van der Waals surface area contributed by atoms with Gasteiger partial charge in [0.2, 0.25) is 0 Å². The predicted octanol–water partition coefficient (Wildman–Crippen LogP) is 3.37. The summed E-state index contributed by atoms with van der Waals surface area (Å²) in [5.74, 6) is 2.23. The molecule has 1 N–H and O–H groups in total. The van der Waals surface area contributed by atoms with Crippen LogP contribution in [0.3, 0.4) is 0 Å². The highest BCUT2D eigenvalue weighted by Gasteiger charge is 2.24. The maximum Gasteiger partial charge on any atom is 0.322 e. The molecule has 2 amide bonds. The van der Waals surface area contributed by atoms with Crippen LogP contribution in [-0.2, 0) is 0 Å². The number of piperazine rings is 1. The number of carbonyl (C=O) groups is 1. The van der Waals surface area contributed by atoms with Crippen molar-refractivity contribution >= 4 is 17.4 Å². The Morgan fingerprint density at radius 3 is 2.21 bits per heavy atom. The maximum atomic E-state index is 12.7. The Hall–Kier alpha value is -3.09. The molecule has 0 spiro atoms. The molecular weight excluding hydrogens is 358 g/mol. The molecule has 1 fully saturated rings. The lowest BCUT2D eigenvalue weighted by molar-refractivity contribution is 0.208. The van der Waals surface area contributed by atoms with Crippen LogP contribution in [0.1, 0.15) is 5.56 Å². The second-order valence-corrected chi connectivity index (χ2v) is 6.65. The minimum atomic E-state index is -0.124. The third kappa shape index (κ3) is 4.24. The van der Waals surface area contributed by atoms with Gasteiger partial charge in [-0.15, -0.1) is 0 Å². The summed E-state index contributed by atoms with van der Waals surface area (Å²) in [6.07, 6.45) is 0. The first-order chi connectivity index (χ1) is 13.5. The summed E-state index contributed by atoms with van der Waals surface area (Å²) in [6.45, 7) is 4.62. The third-order valence-electron chi connectivity index (χ3n) is 4.89. The van der Waals surface area contributed by atoms with Gasteiger partial charge in [-0.2, -0.15) is 0 Å². The number of urea groups is 1. The maximum absolute atomic E-state index is 12.7. The molecule has 28 heavy (non-hydrogen) atoms. The van der Waals surface area contributed by atoms with Crippen LogP contribution in [0.25, 0.3) is 0 Å². The Morgan fingerprint density at radius 1 is 0.893 bits per heavy atom. The largest absolute Gasteiger partial charge is 0.497 e. The molecule has 7 nitrogen and oxygen atoms in total. The van der Waals surface area contributed by atoms with E-state index in [1.54, 1.807) is 21.3 Å². The number of ether oxygens (including phenoxy) is 3. The van der Waals surface area contributed by atoms with Gasteiger partial charge in [0.25, 0.3) is 0 Å². The molecule has 1 heterocycles. The Balaban J connectivity index is 1.66. The Kier molecular flexibility index (Phi) is 6.13. The summed E-state index contributed by atoms with van der Waals surface area (Å²) in [5, 5.41) is 2.97. The first kappa shape index (κ1) is 19.7. The third-order valence-corrected chi connectivity index (χ3v) is 4.89. The second kappa shape index (κ2) is 8.73. The molecule has 150 valence electrons. The van der Waals surface area contributed by atoms with E-state index in [4.69, 9.17) is 14.2 Å². The number of methoxy groups -OCH3 is 3. The Bertz CT molecular complexity index is 832. The summed E-state index contributed by atoms with van der Waals surface area (Å²) < 4.78 is 16.2. The number of benzene rings is 2. The minimum Gasteiger partial charge on any atom is -0.497 e. The quantitative estimate of drug-likeness (QED) is 0.855. The molecule has 3 rings (SSSR count). The molecule has 1 aliphatic heterocycles. The van der Waals surface area contributed by atoms with Crippen molar-refractivity contribution < 1.29 is 19.0 Å². The number of hydrogen-bond donors (Lipinski definition) is 1. The van der Waals surface area contributed by atoms with Crippen LogP contribution in [0.2, 0.25) is 0 Å². The molecule has 0 atom stereocenters. The van der Waals surface area contributed by atoms with Crippen LogP contribution in [0.5, 0.6) is 17.2 Å². The van der Waals surface area contributed by atoms with E-state index in [9.17, 15) is 4.79 Å². The van der Waals surface area contributed by atoms with Crippen molar-refractivity contribution in [3.05, 3.63) is 42.0 Å². The fourth-order valence-electron chi connectivity index (χ4n) is 3.31. The van der Waals surface area contributed by atoms with Gasteiger partial charge >= 0.3 is 6.03 Å². The number of nitrogens with one attached hydrogen (secondary N) is 1. The van der Waals surface area contributed by atoms with Gasteiger partial charge in [0.1, 0.15) is 17.2 Å². The zero-order chi connectivity index (χ0) is 20.1.